The molecule has 2 N–H and O–H groups in total. The average Bonchev–Trinajstić information content (AvgIpc) is 2.36. The van der Waals surface area contributed by atoms with E-state index >= 15 is 0 Å². The smallest absolute Gasteiger partial charge is 0.335 e. The Morgan fingerprint density at radius 3 is 2.58 bits per heavy atom. The number of nitrogens with zero attached hydrogens (tertiary/aromatic N) is 1. The molecule has 0 aromatic heterocycles. The molecule has 1 aromatic rings. The second-order valence-electron chi connectivity index (χ2n) is 4.04. The zero-order chi connectivity index (χ0) is 14.5. The topological polar surface area (TPSA) is 86.7 Å². The quantitative estimate of drug-likeness (QED) is 0.773. The molecule has 0 atom stereocenters. The average molecular weight is 286 g/mol. The molecular formula is C12H18N2O4S. The summed E-state index contributed by atoms with van der Waals surface area (Å²) >= 11 is 0. The maximum absolute atomic E-state index is 11.7. The van der Waals surface area contributed by atoms with Crippen LogP contribution in [0.3, 0.4) is 0 Å². The van der Waals surface area contributed by atoms with Crippen LogP contribution in [-0.4, -0.2) is 43.9 Å². The van der Waals surface area contributed by atoms with Crippen molar-refractivity contribution in [3.8, 4) is 0 Å². The highest BCUT2D eigenvalue weighted by Gasteiger charge is 2.17. The Hall–Kier alpha value is -1.44. The summed E-state index contributed by atoms with van der Waals surface area (Å²) in [5.41, 5.74) is 0.824. The molecule has 0 saturated heterocycles. The molecule has 0 bridgehead atoms. The highest BCUT2D eigenvalue weighted by molar-refractivity contribution is 7.87. The number of likely N-dealkylation sites (N-methyl/N-ethyl adjacent to an activating group) is 1. The predicted molar refractivity (Wildman–Crippen MR) is 72.3 cm³/mol. The summed E-state index contributed by atoms with van der Waals surface area (Å²) in [5.74, 6) is -1.01. The van der Waals surface area contributed by atoms with Gasteiger partial charge in [-0.3, -0.25) is 0 Å². The van der Waals surface area contributed by atoms with Gasteiger partial charge in [-0.25, -0.2) is 9.52 Å². The molecule has 1 rings (SSSR count). The van der Waals surface area contributed by atoms with Crippen molar-refractivity contribution in [2.24, 2.45) is 0 Å². The van der Waals surface area contributed by atoms with Crippen molar-refractivity contribution in [2.75, 3.05) is 20.1 Å². The zero-order valence-corrected chi connectivity index (χ0v) is 11.8. The summed E-state index contributed by atoms with van der Waals surface area (Å²) in [6, 6.07) is 6.58. The number of carboxylic acids is 1. The van der Waals surface area contributed by atoms with Crippen LogP contribution in [0.5, 0.6) is 0 Å². The van der Waals surface area contributed by atoms with Crippen LogP contribution in [0, 0.1) is 0 Å². The van der Waals surface area contributed by atoms with Gasteiger partial charge in [0.1, 0.15) is 0 Å². The van der Waals surface area contributed by atoms with Crippen molar-refractivity contribution < 1.29 is 18.3 Å². The first-order valence-corrected chi connectivity index (χ1v) is 7.34. The number of nitrogens with one attached hydrogen (secondary N) is 1. The van der Waals surface area contributed by atoms with Gasteiger partial charge < -0.3 is 5.11 Å². The molecule has 0 fully saturated rings. The summed E-state index contributed by atoms with van der Waals surface area (Å²) in [4.78, 5) is 11.0. The molecule has 0 radical (unpaired) electrons. The molecule has 19 heavy (non-hydrogen) atoms. The number of carboxylic acid groups (broad SMARTS) is 1. The number of benzene rings is 1. The number of aromatic carboxylic acids is 1. The van der Waals surface area contributed by atoms with Crippen molar-refractivity contribution in [3.63, 3.8) is 0 Å². The zero-order valence-electron chi connectivity index (χ0n) is 11.0. The summed E-state index contributed by atoms with van der Waals surface area (Å²) < 4.78 is 26.9. The van der Waals surface area contributed by atoms with E-state index in [2.05, 4.69) is 4.72 Å². The predicted octanol–water partition coefficient (Wildman–Crippen LogP) is 0.713. The van der Waals surface area contributed by atoms with Gasteiger partial charge in [-0.15, -0.1) is 0 Å². The van der Waals surface area contributed by atoms with Gasteiger partial charge in [-0.1, -0.05) is 25.1 Å². The van der Waals surface area contributed by atoms with E-state index in [0.717, 1.165) is 0 Å². The Bertz CT molecular complexity index is 542. The van der Waals surface area contributed by atoms with Crippen LogP contribution in [0.4, 0.5) is 0 Å². The molecule has 0 saturated carbocycles. The van der Waals surface area contributed by atoms with Crippen LogP contribution in [0.15, 0.2) is 24.3 Å². The van der Waals surface area contributed by atoms with Crippen LogP contribution in [0.2, 0.25) is 0 Å². The van der Waals surface area contributed by atoms with E-state index in [1.807, 2.05) is 0 Å². The number of rotatable bonds is 7. The van der Waals surface area contributed by atoms with Crippen molar-refractivity contribution >= 4 is 16.2 Å². The van der Waals surface area contributed by atoms with Crippen LogP contribution < -0.4 is 4.72 Å². The second kappa shape index (κ2) is 6.65. The monoisotopic (exact) mass is 286 g/mol. The van der Waals surface area contributed by atoms with Crippen LogP contribution >= 0.6 is 0 Å². The minimum atomic E-state index is -3.48. The van der Waals surface area contributed by atoms with E-state index in [9.17, 15) is 13.2 Å². The summed E-state index contributed by atoms with van der Waals surface area (Å²) in [5, 5.41) is 9.03. The highest BCUT2D eigenvalue weighted by Crippen LogP contribution is 2.10. The SMILES string of the molecule is CCNS(=O)(=O)N(C)CCc1ccccc1C(=O)O. The third-order valence-electron chi connectivity index (χ3n) is 2.68. The van der Waals surface area contributed by atoms with Crippen LogP contribution in [0.1, 0.15) is 22.8 Å². The first-order valence-electron chi connectivity index (χ1n) is 5.90. The highest BCUT2D eigenvalue weighted by atomic mass is 32.2. The van der Waals surface area contributed by atoms with Gasteiger partial charge in [0.25, 0.3) is 10.2 Å². The molecule has 106 valence electrons. The Morgan fingerprint density at radius 2 is 2.00 bits per heavy atom. The molecule has 6 nitrogen and oxygen atoms in total. The van der Waals surface area contributed by atoms with Crippen molar-refractivity contribution in [1.82, 2.24) is 9.03 Å². The van der Waals surface area contributed by atoms with Gasteiger partial charge in [0.2, 0.25) is 0 Å². The molecule has 1 aromatic carbocycles. The molecule has 0 unspecified atom stereocenters. The van der Waals surface area contributed by atoms with Crippen molar-refractivity contribution in [2.45, 2.75) is 13.3 Å². The Morgan fingerprint density at radius 1 is 1.37 bits per heavy atom. The summed E-state index contributed by atoms with van der Waals surface area (Å²) in [6.45, 7) is 2.24. The van der Waals surface area contributed by atoms with E-state index in [4.69, 9.17) is 5.11 Å². The third kappa shape index (κ3) is 4.30. The first kappa shape index (κ1) is 15.6. The summed E-state index contributed by atoms with van der Waals surface area (Å²) in [6.07, 6.45) is 0.351. The van der Waals surface area contributed by atoms with E-state index in [1.54, 1.807) is 25.1 Å². The minimum absolute atomic E-state index is 0.205. The van der Waals surface area contributed by atoms with Crippen molar-refractivity contribution in [1.29, 1.82) is 0 Å². The number of carbonyl (C=O) groups is 1. The molecule has 0 aliphatic rings. The lowest BCUT2D eigenvalue weighted by Crippen LogP contribution is -2.39. The van der Waals surface area contributed by atoms with Crippen molar-refractivity contribution in [3.05, 3.63) is 35.4 Å². The standard InChI is InChI=1S/C12H18N2O4S/c1-3-13-19(17,18)14(2)9-8-10-6-4-5-7-11(10)12(15)16/h4-7,13H,3,8-9H2,1-2H3,(H,15,16). The van der Waals surface area contributed by atoms with Gasteiger partial charge >= 0.3 is 5.97 Å². The third-order valence-corrected chi connectivity index (χ3v) is 4.34. The normalized spacial score (nSPS) is 11.7. The fourth-order valence-corrected chi connectivity index (χ4v) is 2.55. The lowest BCUT2D eigenvalue weighted by atomic mass is 10.1. The lowest BCUT2D eigenvalue weighted by Gasteiger charge is -2.17. The van der Waals surface area contributed by atoms with Gasteiger partial charge in [0, 0.05) is 20.1 Å². The maximum Gasteiger partial charge on any atom is 0.335 e. The maximum atomic E-state index is 11.7. The number of hydrogen-bond acceptors (Lipinski definition) is 3. The first-order chi connectivity index (χ1) is 8.88. The van der Waals surface area contributed by atoms with E-state index < -0.39 is 16.2 Å². The Labute approximate surface area is 113 Å². The van der Waals surface area contributed by atoms with Crippen LogP contribution in [-0.2, 0) is 16.6 Å². The fraction of sp³-hybridized carbons (Fsp3) is 0.417. The Balaban J connectivity index is 2.75. The summed E-state index contributed by atoms with van der Waals surface area (Å²) in [7, 11) is -2.02. The Kier molecular flexibility index (Phi) is 5.46. The van der Waals surface area contributed by atoms with E-state index in [0.29, 0.717) is 18.5 Å². The lowest BCUT2D eigenvalue weighted by molar-refractivity contribution is 0.0695. The second-order valence-corrected chi connectivity index (χ2v) is 5.90. The molecule has 0 amide bonds. The van der Waals surface area contributed by atoms with Gasteiger partial charge in [0.05, 0.1) is 5.56 Å². The molecule has 0 spiro atoms. The largest absolute Gasteiger partial charge is 0.478 e. The molecule has 0 aliphatic carbocycles. The molecule has 0 aliphatic heterocycles. The van der Waals surface area contributed by atoms with Crippen LogP contribution in [0.25, 0.3) is 0 Å². The molecule has 0 heterocycles. The van der Waals surface area contributed by atoms with Gasteiger partial charge in [-0.2, -0.15) is 12.7 Å². The van der Waals surface area contributed by atoms with Gasteiger partial charge in [0.15, 0.2) is 0 Å². The minimum Gasteiger partial charge on any atom is -0.478 e. The number of hydrogen-bond donors (Lipinski definition) is 2. The molecular weight excluding hydrogens is 268 g/mol. The molecule has 7 heteroatoms. The van der Waals surface area contributed by atoms with E-state index in [-0.39, 0.29) is 12.1 Å². The van der Waals surface area contributed by atoms with E-state index in [1.165, 1.54) is 17.4 Å². The fourth-order valence-electron chi connectivity index (χ4n) is 1.64. The van der Waals surface area contributed by atoms with Gasteiger partial charge in [-0.05, 0) is 18.1 Å².